The van der Waals surface area contributed by atoms with Crippen molar-refractivity contribution in [1.82, 2.24) is 20.0 Å². The molecule has 3 atom stereocenters. The van der Waals surface area contributed by atoms with Crippen molar-refractivity contribution in [3.05, 3.63) is 28.8 Å². The zero-order chi connectivity index (χ0) is 20.0. The van der Waals surface area contributed by atoms with Gasteiger partial charge in [0.05, 0.1) is 0 Å². The average Bonchev–Trinajstić information content (AvgIpc) is 3.08. The summed E-state index contributed by atoms with van der Waals surface area (Å²) in [6.45, 7) is 6.23. The second-order valence-electron chi connectivity index (χ2n) is 7.89. The number of nitrogens with zero attached hydrogens (tertiary/aromatic N) is 4. The maximum absolute atomic E-state index is 13.2. The lowest BCUT2D eigenvalue weighted by Gasteiger charge is -2.44. The first-order chi connectivity index (χ1) is 13.4. The molecule has 0 bridgehead atoms. The third kappa shape index (κ3) is 3.06. The Hall–Kier alpha value is -1.83. The Labute approximate surface area is 171 Å². The molecule has 0 spiro atoms. The van der Waals surface area contributed by atoms with Gasteiger partial charge in [0, 0.05) is 37.4 Å². The summed E-state index contributed by atoms with van der Waals surface area (Å²) < 4.78 is 0. The number of hydrogen-bond donors (Lipinski definition) is 1. The van der Waals surface area contributed by atoms with Crippen LogP contribution in [0.25, 0.3) is 0 Å². The van der Waals surface area contributed by atoms with Crippen LogP contribution in [0.4, 0.5) is 10.5 Å². The Bertz CT molecular complexity index is 788. The van der Waals surface area contributed by atoms with Crippen molar-refractivity contribution >= 4 is 29.2 Å². The van der Waals surface area contributed by atoms with Gasteiger partial charge in [0.25, 0.3) is 5.91 Å². The number of benzene rings is 1. The molecule has 8 heteroatoms. The van der Waals surface area contributed by atoms with E-state index in [1.54, 1.807) is 11.9 Å². The lowest BCUT2D eigenvalue weighted by molar-refractivity contribution is -0.138. The molecule has 3 aliphatic rings. The number of hydrogen-bond acceptors (Lipinski definition) is 5. The van der Waals surface area contributed by atoms with Gasteiger partial charge in [-0.3, -0.25) is 19.9 Å². The Morgan fingerprint density at radius 1 is 1.25 bits per heavy atom. The molecule has 0 radical (unpaired) electrons. The molecule has 1 aromatic rings. The maximum atomic E-state index is 13.2. The van der Waals surface area contributed by atoms with Crippen molar-refractivity contribution in [2.45, 2.75) is 51.6 Å². The number of imide groups is 1. The first kappa shape index (κ1) is 19.5. The molecule has 3 fully saturated rings. The van der Waals surface area contributed by atoms with E-state index in [0.29, 0.717) is 6.54 Å². The topological polar surface area (TPSA) is 59.1 Å². The monoisotopic (exact) mass is 405 g/mol. The first-order valence-electron chi connectivity index (χ1n) is 10.1. The summed E-state index contributed by atoms with van der Waals surface area (Å²) in [5.74, 6) is -0.0830. The quantitative estimate of drug-likeness (QED) is 0.833. The molecule has 4 rings (SSSR count). The fraction of sp³-hybridized carbons (Fsp3) is 0.600. The predicted octanol–water partition coefficient (Wildman–Crippen LogP) is 2.44. The number of rotatable bonds is 4. The molecule has 152 valence electrons. The molecule has 3 unspecified atom stereocenters. The molecule has 3 saturated heterocycles. The number of nitrogens with one attached hydrogen (secondary N) is 1. The highest BCUT2D eigenvalue weighted by Gasteiger charge is 2.55. The van der Waals surface area contributed by atoms with Crippen molar-refractivity contribution < 1.29 is 9.59 Å². The van der Waals surface area contributed by atoms with E-state index in [1.165, 1.54) is 4.90 Å². The Balaban J connectivity index is 1.63. The van der Waals surface area contributed by atoms with Crippen LogP contribution in [0, 0.1) is 6.92 Å². The largest absolute Gasteiger partial charge is 0.343 e. The zero-order valence-corrected chi connectivity index (χ0v) is 17.4. The van der Waals surface area contributed by atoms with E-state index in [-0.39, 0.29) is 30.4 Å². The van der Waals surface area contributed by atoms with Gasteiger partial charge in [0.2, 0.25) is 0 Å². The zero-order valence-electron chi connectivity index (χ0n) is 16.7. The van der Waals surface area contributed by atoms with E-state index in [1.807, 2.05) is 19.1 Å². The van der Waals surface area contributed by atoms with Gasteiger partial charge in [0.15, 0.2) is 0 Å². The van der Waals surface area contributed by atoms with Crippen LogP contribution >= 0.6 is 11.6 Å². The summed E-state index contributed by atoms with van der Waals surface area (Å²) in [6.07, 6.45) is 2.28. The Kier molecular flexibility index (Phi) is 5.24. The second-order valence-corrected chi connectivity index (χ2v) is 8.29. The van der Waals surface area contributed by atoms with Gasteiger partial charge in [0.1, 0.15) is 18.5 Å². The lowest BCUT2D eigenvalue weighted by atomic mass is 10.1. The van der Waals surface area contributed by atoms with E-state index in [2.05, 4.69) is 28.1 Å². The number of carbonyl (C=O) groups is 2. The predicted molar refractivity (Wildman–Crippen MR) is 109 cm³/mol. The summed E-state index contributed by atoms with van der Waals surface area (Å²) in [5.41, 5.74) is 2.07. The maximum Gasteiger partial charge on any atom is 0.327 e. The molecule has 28 heavy (non-hydrogen) atoms. The summed E-state index contributed by atoms with van der Waals surface area (Å²) in [4.78, 5) is 33.5. The fourth-order valence-corrected chi connectivity index (χ4v) is 4.64. The third-order valence-electron chi connectivity index (χ3n) is 6.09. The van der Waals surface area contributed by atoms with Crippen LogP contribution in [0.5, 0.6) is 0 Å². The van der Waals surface area contributed by atoms with Crippen LogP contribution in [0.15, 0.2) is 18.2 Å². The molecule has 3 amide bonds. The fourth-order valence-electron chi connectivity index (χ4n) is 4.47. The highest BCUT2D eigenvalue weighted by Crippen LogP contribution is 2.34. The van der Waals surface area contributed by atoms with E-state index in [4.69, 9.17) is 11.6 Å². The number of urea groups is 1. The van der Waals surface area contributed by atoms with Gasteiger partial charge in [-0.25, -0.2) is 4.79 Å². The Morgan fingerprint density at radius 3 is 2.75 bits per heavy atom. The van der Waals surface area contributed by atoms with Gasteiger partial charge >= 0.3 is 6.03 Å². The molecule has 3 aliphatic heterocycles. The summed E-state index contributed by atoms with van der Waals surface area (Å²) in [5, 5.41) is 4.27. The number of halogens is 1. The molecule has 0 saturated carbocycles. The number of amides is 3. The van der Waals surface area contributed by atoms with Crippen LogP contribution in [0.1, 0.15) is 31.7 Å². The molecule has 0 aromatic heterocycles. The minimum atomic E-state index is -0.353. The van der Waals surface area contributed by atoms with E-state index < -0.39 is 0 Å². The van der Waals surface area contributed by atoms with Gasteiger partial charge < -0.3 is 9.80 Å². The smallest absolute Gasteiger partial charge is 0.327 e. The minimum Gasteiger partial charge on any atom is -0.343 e. The van der Waals surface area contributed by atoms with Crippen LogP contribution in [-0.4, -0.2) is 71.8 Å². The molecule has 0 aliphatic carbocycles. The highest BCUT2D eigenvalue weighted by atomic mass is 35.5. The van der Waals surface area contributed by atoms with Gasteiger partial charge in [-0.05, 0) is 37.5 Å². The molecule has 1 aromatic carbocycles. The van der Waals surface area contributed by atoms with Crippen molar-refractivity contribution in [2.24, 2.45) is 0 Å². The van der Waals surface area contributed by atoms with Crippen molar-refractivity contribution in [3.8, 4) is 0 Å². The number of carbonyl (C=O) groups excluding carboxylic acids is 2. The summed E-state index contributed by atoms with van der Waals surface area (Å²) in [7, 11) is 1.78. The summed E-state index contributed by atoms with van der Waals surface area (Å²) in [6, 6.07) is 5.50. The van der Waals surface area contributed by atoms with Crippen molar-refractivity contribution in [2.75, 3.05) is 31.6 Å². The van der Waals surface area contributed by atoms with Crippen LogP contribution in [-0.2, 0) is 4.79 Å². The van der Waals surface area contributed by atoms with Gasteiger partial charge in [-0.15, -0.1) is 0 Å². The normalized spacial score (nSPS) is 28.0. The van der Waals surface area contributed by atoms with Gasteiger partial charge in [-0.1, -0.05) is 31.0 Å². The minimum absolute atomic E-state index is 0.0830. The van der Waals surface area contributed by atoms with E-state index >= 15 is 0 Å². The highest BCUT2D eigenvalue weighted by molar-refractivity contribution is 6.31. The van der Waals surface area contributed by atoms with Crippen molar-refractivity contribution in [1.29, 1.82) is 0 Å². The standard InChI is InChI=1S/C20H28ClN5O2/c1-4-5-9-26-18(27)16-17(23(3)20(26)28)22-19-24(10-6-11-25(16)19)14-8-7-13(2)15(21)12-14/h7-8,12,16-17,19,22H,4-6,9-11H2,1-3H3. The van der Waals surface area contributed by atoms with Crippen molar-refractivity contribution in [3.63, 3.8) is 0 Å². The summed E-state index contributed by atoms with van der Waals surface area (Å²) >= 11 is 6.36. The van der Waals surface area contributed by atoms with E-state index in [0.717, 1.165) is 48.6 Å². The number of likely N-dealkylation sites (N-methyl/N-ethyl adjacent to an activating group) is 1. The SMILES string of the molecule is CCCCN1C(=O)C2C(NC3N(c4ccc(C)c(Cl)c4)CCCN23)N(C)C1=O. The third-order valence-corrected chi connectivity index (χ3v) is 6.50. The second kappa shape index (κ2) is 7.54. The molecule has 7 nitrogen and oxygen atoms in total. The number of unbranched alkanes of at least 4 members (excludes halogenated alkanes) is 1. The molecule has 1 N–H and O–H groups in total. The molecular weight excluding hydrogens is 378 g/mol. The number of fused-ring (bicyclic) bond motifs is 3. The lowest BCUT2D eigenvalue weighted by Crippen LogP contribution is -2.66. The average molecular weight is 406 g/mol. The first-order valence-corrected chi connectivity index (χ1v) is 10.4. The van der Waals surface area contributed by atoms with Crippen LogP contribution in [0.3, 0.4) is 0 Å². The number of anilines is 1. The van der Waals surface area contributed by atoms with E-state index in [9.17, 15) is 9.59 Å². The van der Waals surface area contributed by atoms with Crippen LogP contribution < -0.4 is 10.2 Å². The molecular formula is C20H28ClN5O2. The Morgan fingerprint density at radius 2 is 2.04 bits per heavy atom. The van der Waals surface area contributed by atoms with Gasteiger partial charge in [-0.2, -0.15) is 0 Å². The molecule has 3 heterocycles. The number of aryl methyl sites for hydroxylation is 1. The van der Waals surface area contributed by atoms with Crippen LogP contribution in [0.2, 0.25) is 5.02 Å².